The van der Waals surface area contributed by atoms with Crippen LogP contribution in [0.15, 0.2) is 28.2 Å². The molecular formula is C13H14N4O3S. The lowest BCUT2D eigenvalue weighted by atomic mass is 10.2. The van der Waals surface area contributed by atoms with E-state index >= 15 is 0 Å². The minimum Gasteiger partial charge on any atom is -0.490 e. The average Bonchev–Trinajstić information content (AvgIpc) is 2.68. The Hall–Kier alpha value is -2.22. The summed E-state index contributed by atoms with van der Waals surface area (Å²) < 4.78 is 11.2. The Labute approximate surface area is 124 Å². The molecule has 3 rings (SSSR count). The summed E-state index contributed by atoms with van der Waals surface area (Å²) in [6.45, 7) is 1.32. The van der Waals surface area contributed by atoms with Crippen molar-refractivity contribution in [1.82, 2.24) is 15.0 Å². The number of H-pyrrole nitrogens is 1. The summed E-state index contributed by atoms with van der Waals surface area (Å²) in [4.78, 5) is 21.2. The lowest BCUT2D eigenvalue weighted by molar-refractivity contribution is 0.297. The van der Waals surface area contributed by atoms with Crippen LogP contribution in [0.5, 0.6) is 11.5 Å². The van der Waals surface area contributed by atoms with Crippen molar-refractivity contribution in [3.8, 4) is 11.5 Å². The van der Waals surface area contributed by atoms with Crippen LogP contribution in [0, 0.1) is 0 Å². The molecule has 0 saturated carbocycles. The van der Waals surface area contributed by atoms with Gasteiger partial charge in [-0.3, -0.25) is 4.98 Å². The van der Waals surface area contributed by atoms with Crippen LogP contribution in [0.1, 0.15) is 12.0 Å². The molecule has 7 nitrogen and oxygen atoms in total. The predicted octanol–water partition coefficient (Wildman–Crippen LogP) is 1.20. The second-order valence-electron chi connectivity index (χ2n) is 4.44. The third kappa shape index (κ3) is 3.46. The molecule has 1 aromatic heterocycles. The molecule has 0 atom stereocenters. The summed E-state index contributed by atoms with van der Waals surface area (Å²) in [7, 11) is 0. The van der Waals surface area contributed by atoms with Crippen LogP contribution >= 0.6 is 11.8 Å². The topological polar surface area (TPSA) is 103 Å². The highest BCUT2D eigenvalue weighted by molar-refractivity contribution is 7.98. The van der Waals surface area contributed by atoms with Crippen molar-refractivity contribution < 1.29 is 9.47 Å². The lowest BCUT2D eigenvalue weighted by Crippen LogP contribution is -2.15. The van der Waals surface area contributed by atoms with Crippen molar-refractivity contribution in [2.75, 3.05) is 18.9 Å². The third-order valence-electron chi connectivity index (χ3n) is 2.83. The smallest absolute Gasteiger partial charge is 0.350 e. The first-order valence-corrected chi connectivity index (χ1v) is 7.44. The van der Waals surface area contributed by atoms with Crippen LogP contribution in [0.2, 0.25) is 0 Å². The summed E-state index contributed by atoms with van der Waals surface area (Å²) in [6.07, 6.45) is 0.874. The average molecular weight is 306 g/mol. The van der Waals surface area contributed by atoms with Crippen molar-refractivity contribution in [1.29, 1.82) is 0 Å². The van der Waals surface area contributed by atoms with E-state index in [2.05, 4.69) is 15.0 Å². The minimum absolute atomic E-state index is 0.0659. The van der Waals surface area contributed by atoms with Gasteiger partial charge in [-0.1, -0.05) is 17.8 Å². The van der Waals surface area contributed by atoms with Crippen molar-refractivity contribution in [3.63, 3.8) is 0 Å². The van der Waals surface area contributed by atoms with E-state index in [1.807, 2.05) is 18.2 Å². The lowest BCUT2D eigenvalue weighted by Gasteiger charge is -2.08. The summed E-state index contributed by atoms with van der Waals surface area (Å²) in [5.41, 5.74) is 6.02. The number of nitrogen functional groups attached to an aromatic ring is 1. The summed E-state index contributed by atoms with van der Waals surface area (Å²) in [6, 6.07) is 5.78. The van der Waals surface area contributed by atoms with E-state index < -0.39 is 5.69 Å². The highest BCUT2D eigenvalue weighted by Crippen LogP contribution is 2.32. The van der Waals surface area contributed by atoms with E-state index in [0.29, 0.717) is 24.1 Å². The molecule has 0 bridgehead atoms. The first-order chi connectivity index (χ1) is 10.2. The molecule has 2 heterocycles. The number of thioether (sulfide) groups is 1. The molecule has 0 amide bonds. The van der Waals surface area contributed by atoms with E-state index in [1.165, 1.54) is 11.8 Å². The van der Waals surface area contributed by atoms with Gasteiger partial charge in [-0.25, -0.2) is 4.79 Å². The van der Waals surface area contributed by atoms with Crippen molar-refractivity contribution in [2.24, 2.45) is 0 Å². The first-order valence-electron chi connectivity index (χ1n) is 6.46. The Kier molecular flexibility index (Phi) is 3.96. The van der Waals surface area contributed by atoms with Crippen LogP contribution in [0.4, 0.5) is 5.95 Å². The van der Waals surface area contributed by atoms with Gasteiger partial charge >= 0.3 is 5.69 Å². The van der Waals surface area contributed by atoms with Gasteiger partial charge in [0.2, 0.25) is 5.95 Å². The Balaban J connectivity index is 1.73. The molecule has 0 saturated heterocycles. The predicted molar refractivity (Wildman–Crippen MR) is 78.7 cm³/mol. The number of fused-ring (bicyclic) bond motifs is 1. The third-order valence-corrected chi connectivity index (χ3v) is 3.75. The number of aromatic nitrogens is 3. The molecule has 1 aliphatic heterocycles. The maximum atomic E-state index is 11.2. The molecule has 0 aliphatic carbocycles. The Morgan fingerprint density at radius 2 is 2.05 bits per heavy atom. The molecule has 1 aliphatic rings. The van der Waals surface area contributed by atoms with E-state index in [4.69, 9.17) is 15.2 Å². The van der Waals surface area contributed by atoms with Gasteiger partial charge < -0.3 is 15.2 Å². The van der Waals surface area contributed by atoms with Crippen molar-refractivity contribution in [3.05, 3.63) is 34.2 Å². The number of nitrogens with zero attached hydrogens (tertiary/aromatic N) is 2. The van der Waals surface area contributed by atoms with Gasteiger partial charge in [-0.05, 0) is 17.7 Å². The van der Waals surface area contributed by atoms with Crippen LogP contribution in [0.3, 0.4) is 0 Å². The molecule has 21 heavy (non-hydrogen) atoms. The number of nitrogens with two attached hydrogens (primary N) is 1. The van der Waals surface area contributed by atoms with Crippen LogP contribution < -0.4 is 20.9 Å². The summed E-state index contributed by atoms with van der Waals surface area (Å²) in [5, 5.41) is 0.350. The molecule has 0 fully saturated rings. The molecule has 3 N–H and O–H groups in total. The van der Waals surface area contributed by atoms with E-state index in [-0.39, 0.29) is 5.95 Å². The Morgan fingerprint density at radius 1 is 1.24 bits per heavy atom. The van der Waals surface area contributed by atoms with Gasteiger partial charge in [0.1, 0.15) is 0 Å². The number of nitrogens with one attached hydrogen (secondary N) is 1. The zero-order valence-electron chi connectivity index (χ0n) is 11.2. The molecule has 8 heteroatoms. The number of anilines is 1. The number of ether oxygens (including phenoxy) is 2. The van der Waals surface area contributed by atoms with Gasteiger partial charge in [0, 0.05) is 12.2 Å². The molecular weight excluding hydrogens is 292 g/mol. The standard InChI is InChI=1S/C13H14N4O3S/c14-11-15-12(18)17-13(16-11)21-7-8-2-3-9-10(6-8)20-5-1-4-19-9/h2-3,6H,1,4-5,7H2,(H3,14,15,16,17,18). The molecule has 2 aromatic rings. The van der Waals surface area contributed by atoms with E-state index in [9.17, 15) is 4.79 Å². The minimum atomic E-state index is -0.497. The quantitative estimate of drug-likeness (QED) is 0.821. The van der Waals surface area contributed by atoms with E-state index in [1.54, 1.807) is 0 Å². The summed E-state index contributed by atoms with van der Waals surface area (Å²) in [5.74, 6) is 2.19. The van der Waals surface area contributed by atoms with Crippen LogP contribution in [0.25, 0.3) is 0 Å². The second-order valence-corrected chi connectivity index (χ2v) is 5.38. The van der Waals surface area contributed by atoms with Crippen molar-refractivity contribution >= 4 is 17.7 Å². The number of benzene rings is 1. The highest BCUT2D eigenvalue weighted by atomic mass is 32.2. The van der Waals surface area contributed by atoms with Gasteiger partial charge in [-0.2, -0.15) is 9.97 Å². The van der Waals surface area contributed by atoms with Gasteiger partial charge in [0.25, 0.3) is 0 Å². The first kappa shape index (κ1) is 13.7. The number of hydrogen-bond acceptors (Lipinski definition) is 7. The Morgan fingerprint density at radius 3 is 2.86 bits per heavy atom. The molecule has 0 radical (unpaired) electrons. The van der Waals surface area contributed by atoms with Gasteiger partial charge in [0.05, 0.1) is 13.2 Å². The SMILES string of the molecule is Nc1nc(SCc2ccc3c(c2)OCCCO3)nc(=O)[nH]1. The zero-order chi connectivity index (χ0) is 14.7. The number of hydrogen-bond donors (Lipinski definition) is 2. The fourth-order valence-corrected chi connectivity index (χ4v) is 2.68. The van der Waals surface area contributed by atoms with Crippen molar-refractivity contribution in [2.45, 2.75) is 17.3 Å². The van der Waals surface area contributed by atoms with Crippen LogP contribution in [-0.2, 0) is 5.75 Å². The summed E-state index contributed by atoms with van der Waals surface area (Å²) >= 11 is 1.34. The molecule has 1 aromatic carbocycles. The van der Waals surface area contributed by atoms with Gasteiger partial charge in [-0.15, -0.1) is 0 Å². The van der Waals surface area contributed by atoms with E-state index in [0.717, 1.165) is 23.5 Å². The maximum Gasteiger partial charge on any atom is 0.350 e. The molecule has 0 unspecified atom stereocenters. The van der Waals surface area contributed by atoms with Crippen LogP contribution in [-0.4, -0.2) is 28.2 Å². The molecule has 110 valence electrons. The molecule has 0 spiro atoms. The fourth-order valence-electron chi connectivity index (χ4n) is 1.89. The highest BCUT2D eigenvalue weighted by Gasteiger charge is 2.11. The largest absolute Gasteiger partial charge is 0.490 e. The normalized spacial score (nSPS) is 13.7. The maximum absolute atomic E-state index is 11.2. The number of rotatable bonds is 3. The van der Waals surface area contributed by atoms with Gasteiger partial charge in [0.15, 0.2) is 16.7 Å². The zero-order valence-corrected chi connectivity index (χ0v) is 12.0. The second kappa shape index (κ2) is 6.04. The number of aromatic amines is 1. The fraction of sp³-hybridized carbons (Fsp3) is 0.308. The Bertz CT molecular complexity index is 704. The monoisotopic (exact) mass is 306 g/mol.